The van der Waals surface area contributed by atoms with Gasteiger partial charge in [-0.3, -0.25) is 14.9 Å². The summed E-state index contributed by atoms with van der Waals surface area (Å²) >= 11 is 0. The van der Waals surface area contributed by atoms with Crippen LogP contribution >= 0.6 is 0 Å². The SMILES string of the molecule is CCN(CC)C(=O)C(F)(F)Oc1cc(F)c([N+](=O)[O-])cc1N=O. The molecule has 1 aromatic carbocycles. The Morgan fingerprint density at radius 1 is 1.39 bits per heavy atom. The molecule has 11 heteroatoms. The van der Waals surface area contributed by atoms with E-state index in [-0.39, 0.29) is 19.2 Å². The normalized spacial score (nSPS) is 11.0. The van der Waals surface area contributed by atoms with Gasteiger partial charge in [0, 0.05) is 19.2 Å². The molecule has 0 saturated carbocycles. The third-order valence-corrected chi connectivity index (χ3v) is 2.86. The van der Waals surface area contributed by atoms with E-state index >= 15 is 0 Å². The highest BCUT2D eigenvalue weighted by atomic mass is 19.3. The van der Waals surface area contributed by atoms with E-state index in [9.17, 15) is 33.0 Å². The van der Waals surface area contributed by atoms with Gasteiger partial charge in [-0.25, -0.2) is 0 Å². The van der Waals surface area contributed by atoms with Gasteiger partial charge in [0.15, 0.2) is 11.4 Å². The number of amides is 1. The number of carbonyl (C=O) groups excluding carboxylic acids is 1. The molecule has 0 aliphatic heterocycles. The van der Waals surface area contributed by atoms with Crippen molar-refractivity contribution in [1.82, 2.24) is 4.90 Å². The van der Waals surface area contributed by atoms with Crippen molar-refractivity contribution in [3.8, 4) is 5.75 Å². The third-order valence-electron chi connectivity index (χ3n) is 2.86. The van der Waals surface area contributed by atoms with Crippen LogP contribution < -0.4 is 4.74 Å². The van der Waals surface area contributed by atoms with Gasteiger partial charge in [0.05, 0.1) is 11.0 Å². The molecule has 0 aliphatic carbocycles. The van der Waals surface area contributed by atoms with Crippen LogP contribution in [0.3, 0.4) is 0 Å². The van der Waals surface area contributed by atoms with Crippen molar-refractivity contribution in [3.05, 3.63) is 33.0 Å². The largest absolute Gasteiger partial charge is 0.482 e. The first-order valence-corrected chi connectivity index (χ1v) is 6.35. The lowest BCUT2D eigenvalue weighted by atomic mass is 10.2. The van der Waals surface area contributed by atoms with Gasteiger partial charge in [0.1, 0.15) is 0 Å². The highest BCUT2D eigenvalue weighted by Crippen LogP contribution is 2.37. The number of nitro groups is 1. The molecule has 1 rings (SSSR count). The van der Waals surface area contributed by atoms with E-state index in [4.69, 9.17) is 0 Å². The molecule has 0 heterocycles. The number of likely N-dealkylation sites (N-methyl/N-ethyl adjacent to an activating group) is 1. The van der Waals surface area contributed by atoms with Crippen LogP contribution in [0.5, 0.6) is 5.75 Å². The lowest BCUT2D eigenvalue weighted by Crippen LogP contribution is -2.46. The number of hydrogen-bond acceptors (Lipinski definition) is 6. The van der Waals surface area contributed by atoms with E-state index in [1.54, 1.807) is 0 Å². The molecule has 0 unspecified atom stereocenters. The van der Waals surface area contributed by atoms with Crippen LogP contribution in [-0.4, -0.2) is 34.9 Å². The van der Waals surface area contributed by atoms with Gasteiger partial charge < -0.3 is 9.64 Å². The average molecular weight is 335 g/mol. The van der Waals surface area contributed by atoms with E-state index in [1.165, 1.54) is 13.8 Å². The fourth-order valence-corrected chi connectivity index (χ4v) is 1.70. The maximum Gasteiger partial charge on any atom is 0.482 e. The van der Waals surface area contributed by atoms with Gasteiger partial charge in [-0.2, -0.15) is 13.2 Å². The molecule has 0 aliphatic rings. The van der Waals surface area contributed by atoms with Gasteiger partial charge in [0.2, 0.25) is 5.82 Å². The molecular weight excluding hydrogens is 323 g/mol. The number of ether oxygens (including phenoxy) is 1. The summed E-state index contributed by atoms with van der Waals surface area (Å²) in [7, 11) is 0. The summed E-state index contributed by atoms with van der Waals surface area (Å²) in [5, 5.41) is 12.8. The third kappa shape index (κ3) is 3.93. The second-order valence-electron chi connectivity index (χ2n) is 4.22. The number of carbonyl (C=O) groups is 1. The molecule has 0 aromatic heterocycles. The first-order chi connectivity index (χ1) is 10.7. The fraction of sp³-hybridized carbons (Fsp3) is 0.417. The first kappa shape index (κ1) is 18.3. The Labute approximate surface area is 128 Å². The number of halogens is 3. The average Bonchev–Trinajstić information content (AvgIpc) is 2.47. The van der Waals surface area contributed by atoms with E-state index in [1.807, 2.05) is 0 Å². The van der Waals surface area contributed by atoms with Crippen LogP contribution in [-0.2, 0) is 4.79 Å². The van der Waals surface area contributed by atoms with Crippen molar-refractivity contribution in [2.24, 2.45) is 5.18 Å². The van der Waals surface area contributed by atoms with E-state index in [2.05, 4.69) is 9.91 Å². The minimum Gasteiger partial charge on any atom is -0.423 e. The number of hydrogen-bond donors (Lipinski definition) is 0. The second kappa shape index (κ2) is 7.03. The van der Waals surface area contributed by atoms with Gasteiger partial charge >= 0.3 is 17.7 Å². The van der Waals surface area contributed by atoms with Crippen LogP contribution in [0.4, 0.5) is 24.5 Å². The van der Waals surface area contributed by atoms with Crippen LogP contribution in [0.2, 0.25) is 0 Å². The molecule has 0 N–H and O–H groups in total. The molecule has 0 fully saturated rings. The zero-order valence-electron chi connectivity index (χ0n) is 12.1. The summed E-state index contributed by atoms with van der Waals surface area (Å²) in [6, 6.07) is 0.550. The molecule has 126 valence electrons. The van der Waals surface area contributed by atoms with Gasteiger partial charge in [-0.1, -0.05) is 0 Å². The molecule has 0 radical (unpaired) electrons. The summed E-state index contributed by atoms with van der Waals surface area (Å²) in [6.07, 6.45) is -4.39. The summed E-state index contributed by atoms with van der Waals surface area (Å²) in [6.45, 7) is 2.87. The van der Waals surface area contributed by atoms with Crippen LogP contribution in [0, 0.1) is 20.8 Å². The van der Waals surface area contributed by atoms with Crippen molar-refractivity contribution in [2.45, 2.75) is 20.0 Å². The van der Waals surface area contributed by atoms with Gasteiger partial charge in [-0.15, -0.1) is 4.91 Å². The Morgan fingerprint density at radius 3 is 2.39 bits per heavy atom. The fourth-order valence-electron chi connectivity index (χ4n) is 1.70. The summed E-state index contributed by atoms with van der Waals surface area (Å²) < 4.78 is 45.2. The maximum absolute atomic E-state index is 13.8. The van der Waals surface area contributed by atoms with E-state index < -0.39 is 39.9 Å². The molecule has 8 nitrogen and oxygen atoms in total. The van der Waals surface area contributed by atoms with Crippen molar-refractivity contribution >= 4 is 17.3 Å². The smallest absolute Gasteiger partial charge is 0.423 e. The molecule has 0 spiro atoms. The predicted molar refractivity (Wildman–Crippen MR) is 72.0 cm³/mol. The highest BCUT2D eigenvalue weighted by molar-refractivity contribution is 5.82. The molecule has 23 heavy (non-hydrogen) atoms. The number of nitroso groups, excluding NO2 is 1. The quantitative estimate of drug-likeness (QED) is 0.433. The van der Waals surface area contributed by atoms with Gasteiger partial charge in [-0.05, 0) is 19.0 Å². The number of benzene rings is 1. The topological polar surface area (TPSA) is 102 Å². The summed E-state index contributed by atoms with van der Waals surface area (Å²) in [5.74, 6) is -4.28. The molecular formula is C12H12F3N3O5. The Morgan fingerprint density at radius 2 is 1.96 bits per heavy atom. The monoisotopic (exact) mass is 335 g/mol. The van der Waals surface area contributed by atoms with Crippen molar-refractivity contribution < 1.29 is 27.6 Å². The zero-order valence-corrected chi connectivity index (χ0v) is 12.1. The molecule has 0 saturated heterocycles. The Kier molecular flexibility index (Phi) is 5.60. The first-order valence-electron chi connectivity index (χ1n) is 6.35. The summed E-state index contributed by atoms with van der Waals surface area (Å²) in [5.41, 5.74) is -2.06. The number of alkyl halides is 2. The Hall–Kier alpha value is -2.72. The van der Waals surface area contributed by atoms with Crippen LogP contribution in [0.15, 0.2) is 17.3 Å². The van der Waals surface area contributed by atoms with Crippen LogP contribution in [0.1, 0.15) is 13.8 Å². The van der Waals surface area contributed by atoms with Crippen molar-refractivity contribution in [3.63, 3.8) is 0 Å². The molecule has 0 atom stereocenters. The molecule has 1 amide bonds. The summed E-state index contributed by atoms with van der Waals surface area (Å²) in [4.78, 5) is 32.4. The lowest BCUT2D eigenvalue weighted by molar-refractivity contribution is -0.387. The Balaban J connectivity index is 3.22. The Bertz CT molecular complexity index is 635. The van der Waals surface area contributed by atoms with E-state index in [0.717, 1.165) is 4.90 Å². The van der Waals surface area contributed by atoms with E-state index in [0.29, 0.717) is 6.07 Å². The number of rotatable bonds is 7. The van der Waals surface area contributed by atoms with Crippen molar-refractivity contribution in [1.29, 1.82) is 0 Å². The van der Waals surface area contributed by atoms with Gasteiger partial charge in [0.25, 0.3) is 0 Å². The minimum atomic E-state index is -4.39. The highest BCUT2D eigenvalue weighted by Gasteiger charge is 2.45. The maximum atomic E-state index is 13.8. The predicted octanol–water partition coefficient (Wildman–Crippen LogP) is 2.97. The standard InChI is InChI=1S/C12H12F3N3O5/c1-3-17(4-2)11(19)12(14,15)23-10-5-7(13)9(18(21)22)6-8(10)16-20/h5-6H,3-4H2,1-2H3. The molecule has 1 aromatic rings. The molecule has 0 bridgehead atoms. The number of nitro benzene ring substituents is 1. The lowest BCUT2D eigenvalue weighted by Gasteiger charge is -2.24. The minimum absolute atomic E-state index is 0.0261. The second-order valence-corrected chi connectivity index (χ2v) is 4.22. The zero-order chi connectivity index (χ0) is 17.8. The van der Waals surface area contributed by atoms with Crippen LogP contribution in [0.25, 0.3) is 0 Å². The van der Waals surface area contributed by atoms with Crippen molar-refractivity contribution in [2.75, 3.05) is 13.1 Å². The number of nitrogens with zero attached hydrogens (tertiary/aromatic N) is 3.